The van der Waals surface area contributed by atoms with Crippen molar-refractivity contribution in [3.63, 3.8) is 0 Å². The molecule has 0 spiro atoms. The molecule has 19 heavy (non-hydrogen) atoms. The molecule has 0 atom stereocenters. The van der Waals surface area contributed by atoms with E-state index in [1.807, 2.05) is 28.8 Å². The first-order valence-electron chi connectivity index (χ1n) is 6.14. The zero-order chi connectivity index (χ0) is 13.8. The Morgan fingerprint density at radius 2 is 1.89 bits per heavy atom. The first-order valence-corrected chi connectivity index (χ1v) is 6.14. The molecule has 2 rings (SSSR count). The maximum absolute atomic E-state index is 11.3. The van der Waals surface area contributed by atoms with Gasteiger partial charge in [0.2, 0.25) is 5.43 Å². The number of aromatic hydroxyl groups is 1. The highest BCUT2D eigenvalue weighted by atomic mass is 16.5. The fraction of sp³-hybridized carbons (Fsp3) is 0.267. The molecule has 0 radical (unpaired) electrons. The van der Waals surface area contributed by atoms with Gasteiger partial charge in [-0.2, -0.15) is 0 Å². The number of nitrogens with zero attached hydrogens (tertiary/aromatic N) is 1. The van der Waals surface area contributed by atoms with Crippen LogP contribution in [0.5, 0.6) is 11.5 Å². The highest BCUT2D eigenvalue weighted by molar-refractivity contribution is 5.28. The summed E-state index contributed by atoms with van der Waals surface area (Å²) >= 11 is 0. The third-order valence-corrected chi connectivity index (χ3v) is 3.21. The van der Waals surface area contributed by atoms with Crippen LogP contribution in [0.25, 0.3) is 0 Å². The predicted molar refractivity (Wildman–Crippen MR) is 73.8 cm³/mol. The number of ether oxygens (including phenoxy) is 1. The van der Waals surface area contributed by atoms with Crippen LogP contribution in [-0.4, -0.2) is 16.8 Å². The summed E-state index contributed by atoms with van der Waals surface area (Å²) in [5.41, 5.74) is 1.44. The second-order valence-electron chi connectivity index (χ2n) is 4.41. The minimum Gasteiger partial charge on any atom is -0.503 e. The third-order valence-electron chi connectivity index (χ3n) is 3.21. The summed E-state index contributed by atoms with van der Waals surface area (Å²) in [5.74, 6) is 0.665. The lowest BCUT2D eigenvalue weighted by atomic mass is 10.1. The predicted octanol–water partition coefficient (Wildman–Crippen LogP) is 2.11. The lowest BCUT2D eigenvalue weighted by molar-refractivity contribution is 0.414. The summed E-state index contributed by atoms with van der Waals surface area (Å²) in [6, 6.07) is 9.25. The summed E-state index contributed by atoms with van der Waals surface area (Å²) in [7, 11) is 1.64. The van der Waals surface area contributed by atoms with Crippen molar-refractivity contribution < 1.29 is 9.84 Å². The normalized spacial score (nSPS) is 10.4. The minimum atomic E-state index is -0.335. The number of aromatic nitrogens is 1. The Balaban J connectivity index is 2.10. The number of benzene rings is 1. The van der Waals surface area contributed by atoms with Gasteiger partial charge in [0, 0.05) is 18.8 Å². The van der Waals surface area contributed by atoms with Crippen molar-refractivity contribution in [1.29, 1.82) is 0 Å². The minimum absolute atomic E-state index is 0.169. The van der Waals surface area contributed by atoms with Gasteiger partial charge in [-0.05, 0) is 31.0 Å². The van der Waals surface area contributed by atoms with Crippen LogP contribution in [0.15, 0.2) is 41.3 Å². The molecule has 1 heterocycles. The van der Waals surface area contributed by atoms with E-state index >= 15 is 0 Å². The average molecular weight is 259 g/mol. The van der Waals surface area contributed by atoms with Gasteiger partial charge in [-0.3, -0.25) is 4.79 Å². The number of hydrogen-bond donors (Lipinski definition) is 1. The number of rotatable bonds is 4. The molecular weight excluding hydrogens is 242 g/mol. The first-order chi connectivity index (χ1) is 9.11. The van der Waals surface area contributed by atoms with E-state index in [4.69, 9.17) is 4.74 Å². The zero-order valence-electron chi connectivity index (χ0n) is 11.1. The van der Waals surface area contributed by atoms with Crippen LogP contribution in [0.4, 0.5) is 0 Å². The summed E-state index contributed by atoms with van der Waals surface area (Å²) in [4.78, 5) is 11.3. The van der Waals surface area contributed by atoms with Gasteiger partial charge in [-0.15, -0.1) is 0 Å². The summed E-state index contributed by atoms with van der Waals surface area (Å²) in [6.45, 7) is 2.46. The maximum atomic E-state index is 11.3. The Hall–Kier alpha value is -2.23. The summed E-state index contributed by atoms with van der Waals surface area (Å²) < 4.78 is 6.98. The lowest BCUT2D eigenvalue weighted by Crippen LogP contribution is -2.11. The lowest BCUT2D eigenvalue weighted by Gasteiger charge is -2.11. The third kappa shape index (κ3) is 2.96. The molecule has 2 aromatic rings. The molecule has 100 valence electrons. The Morgan fingerprint density at radius 3 is 2.53 bits per heavy atom. The highest BCUT2D eigenvalue weighted by Crippen LogP contribution is 2.14. The fourth-order valence-corrected chi connectivity index (χ4v) is 1.95. The second kappa shape index (κ2) is 5.61. The van der Waals surface area contributed by atoms with Crippen LogP contribution < -0.4 is 10.2 Å². The van der Waals surface area contributed by atoms with Crippen LogP contribution in [-0.2, 0) is 13.0 Å². The van der Waals surface area contributed by atoms with Crippen molar-refractivity contribution in [3.8, 4) is 11.5 Å². The molecule has 0 saturated heterocycles. The van der Waals surface area contributed by atoms with Gasteiger partial charge >= 0.3 is 0 Å². The largest absolute Gasteiger partial charge is 0.503 e. The van der Waals surface area contributed by atoms with E-state index in [1.54, 1.807) is 20.2 Å². The first kappa shape index (κ1) is 13.2. The van der Waals surface area contributed by atoms with E-state index in [2.05, 4.69) is 0 Å². The van der Waals surface area contributed by atoms with Crippen molar-refractivity contribution in [1.82, 2.24) is 4.57 Å². The Bertz CT molecular complexity index is 614. The van der Waals surface area contributed by atoms with Gasteiger partial charge in [0.1, 0.15) is 5.75 Å². The SMILES string of the molecule is COc1ccc(CCn2ccc(=O)c(O)c2C)cc1. The van der Waals surface area contributed by atoms with E-state index < -0.39 is 0 Å². The smallest absolute Gasteiger partial charge is 0.223 e. The molecular formula is C15H17NO3. The van der Waals surface area contributed by atoms with Crippen molar-refractivity contribution in [2.45, 2.75) is 19.9 Å². The molecule has 0 aliphatic carbocycles. The Morgan fingerprint density at radius 1 is 1.21 bits per heavy atom. The van der Waals surface area contributed by atoms with Crippen molar-refractivity contribution >= 4 is 0 Å². The Kier molecular flexibility index (Phi) is 3.90. The molecule has 0 aliphatic rings. The van der Waals surface area contributed by atoms with Gasteiger partial charge < -0.3 is 14.4 Å². The van der Waals surface area contributed by atoms with E-state index in [0.717, 1.165) is 12.2 Å². The molecule has 0 amide bonds. The number of hydrogen-bond acceptors (Lipinski definition) is 3. The summed E-state index contributed by atoms with van der Waals surface area (Å²) in [6.07, 6.45) is 2.54. The molecule has 0 saturated carbocycles. The maximum Gasteiger partial charge on any atom is 0.223 e. The van der Waals surface area contributed by atoms with Crippen LogP contribution in [0.3, 0.4) is 0 Å². The highest BCUT2D eigenvalue weighted by Gasteiger charge is 2.05. The average Bonchev–Trinajstić information content (AvgIpc) is 2.45. The quantitative estimate of drug-likeness (QED) is 0.915. The second-order valence-corrected chi connectivity index (χ2v) is 4.41. The molecule has 0 bridgehead atoms. The van der Waals surface area contributed by atoms with Crippen LogP contribution >= 0.6 is 0 Å². The van der Waals surface area contributed by atoms with Gasteiger partial charge in [0.25, 0.3) is 0 Å². The topological polar surface area (TPSA) is 51.5 Å². The number of methoxy groups -OCH3 is 1. The molecule has 1 aromatic carbocycles. The molecule has 0 aliphatic heterocycles. The van der Waals surface area contributed by atoms with E-state index in [9.17, 15) is 9.90 Å². The van der Waals surface area contributed by atoms with Crippen molar-refractivity contribution in [2.24, 2.45) is 0 Å². The zero-order valence-corrected chi connectivity index (χ0v) is 11.1. The van der Waals surface area contributed by atoms with E-state index in [0.29, 0.717) is 12.2 Å². The fourth-order valence-electron chi connectivity index (χ4n) is 1.95. The standard InChI is InChI=1S/C15H17NO3/c1-11-15(18)14(17)8-10-16(11)9-7-12-3-5-13(19-2)6-4-12/h3-6,8,10,18H,7,9H2,1-2H3. The van der Waals surface area contributed by atoms with Gasteiger partial charge in [0.05, 0.1) is 12.8 Å². The molecule has 1 aromatic heterocycles. The van der Waals surface area contributed by atoms with Gasteiger partial charge in [0.15, 0.2) is 5.75 Å². The number of pyridine rings is 1. The van der Waals surface area contributed by atoms with E-state index in [1.165, 1.54) is 11.6 Å². The molecule has 4 heteroatoms. The van der Waals surface area contributed by atoms with E-state index in [-0.39, 0.29) is 11.2 Å². The molecule has 1 N–H and O–H groups in total. The molecule has 4 nitrogen and oxygen atoms in total. The van der Waals surface area contributed by atoms with Gasteiger partial charge in [-0.25, -0.2) is 0 Å². The number of aryl methyl sites for hydroxylation is 2. The molecule has 0 fully saturated rings. The van der Waals surface area contributed by atoms with Gasteiger partial charge in [-0.1, -0.05) is 12.1 Å². The van der Waals surface area contributed by atoms with Crippen molar-refractivity contribution in [2.75, 3.05) is 7.11 Å². The van der Waals surface area contributed by atoms with Crippen LogP contribution in [0, 0.1) is 6.92 Å². The Labute approximate surface area is 111 Å². The molecule has 0 unspecified atom stereocenters. The monoisotopic (exact) mass is 259 g/mol. The summed E-state index contributed by atoms with van der Waals surface area (Å²) in [5, 5.41) is 9.60. The van der Waals surface area contributed by atoms with Crippen LogP contribution in [0.1, 0.15) is 11.3 Å². The van der Waals surface area contributed by atoms with Crippen molar-refractivity contribution in [3.05, 3.63) is 58.0 Å². The van der Waals surface area contributed by atoms with Crippen LogP contribution in [0.2, 0.25) is 0 Å².